The fourth-order valence-corrected chi connectivity index (χ4v) is 4.16. The van der Waals surface area contributed by atoms with Gasteiger partial charge >= 0.3 is 0 Å². The Morgan fingerprint density at radius 3 is 2.61 bits per heavy atom. The summed E-state index contributed by atoms with van der Waals surface area (Å²) >= 11 is 0. The Morgan fingerprint density at radius 1 is 1.04 bits per heavy atom. The molecule has 0 radical (unpaired) electrons. The van der Waals surface area contributed by atoms with Crippen LogP contribution in [0, 0.1) is 11.7 Å². The van der Waals surface area contributed by atoms with Gasteiger partial charge in [0.15, 0.2) is 0 Å². The first kappa shape index (κ1) is 14.5. The maximum atomic E-state index is 14.4. The van der Waals surface area contributed by atoms with Gasteiger partial charge in [0.25, 0.3) is 0 Å². The van der Waals surface area contributed by atoms with Gasteiger partial charge in [-0.25, -0.2) is 4.39 Å². The van der Waals surface area contributed by atoms with E-state index in [4.69, 9.17) is 0 Å². The van der Waals surface area contributed by atoms with Crippen molar-refractivity contribution in [3.8, 4) is 0 Å². The van der Waals surface area contributed by atoms with Crippen LogP contribution in [-0.2, 0) is 0 Å². The second kappa shape index (κ2) is 5.52. The molecule has 1 nitrogen and oxygen atoms in total. The van der Waals surface area contributed by atoms with Crippen molar-refractivity contribution in [3.63, 3.8) is 0 Å². The molecule has 0 fully saturated rings. The van der Waals surface area contributed by atoms with Crippen LogP contribution in [0.2, 0.25) is 0 Å². The molecule has 2 aromatic carbocycles. The molecule has 1 N–H and O–H groups in total. The summed E-state index contributed by atoms with van der Waals surface area (Å²) in [4.78, 5) is 0. The quantitative estimate of drug-likeness (QED) is 0.694. The standard InChI is InChI=1S/C21H22FN/c1-13(2)14-8-5-10-16-15-9-6-11-17(15)21(23-20(14)16)18-7-3-4-12-19(18)22/h3-10,12-13,15,17,21,23H,11H2,1-2H3/t15-,17-,21+/m1/s1. The van der Waals surface area contributed by atoms with E-state index in [0.29, 0.717) is 17.8 Å². The molecule has 0 bridgehead atoms. The molecule has 0 saturated heterocycles. The summed E-state index contributed by atoms with van der Waals surface area (Å²) in [6.45, 7) is 4.43. The zero-order valence-electron chi connectivity index (χ0n) is 13.6. The van der Waals surface area contributed by atoms with E-state index in [-0.39, 0.29) is 11.9 Å². The van der Waals surface area contributed by atoms with Crippen LogP contribution in [0.4, 0.5) is 10.1 Å². The number of fused-ring (bicyclic) bond motifs is 3. The van der Waals surface area contributed by atoms with Gasteiger partial charge in [-0.2, -0.15) is 0 Å². The van der Waals surface area contributed by atoms with Crippen LogP contribution < -0.4 is 5.32 Å². The van der Waals surface area contributed by atoms with Crippen molar-refractivity contribution in [2.75, 3.05) is 5.32 Å². The average molecular weight is 307 g/mol. The number of benzene rings is 2. The van der Waals surface area contributed by atoms with Gasteiger partial charge in [-0.15, -0.1) is 0 Å². The highest BCUT2D eigenvalue weighted by Crippen LogP contribution is 2.51. The Balaban J connectivity index is 1.86. The largest absolute Gasteiger partial charge is 0.377 e. The van der Waals surface area contributed by atoms with Gasteiger partial charge in [-0.3, -0.25) is 0 Å². The SMILES string of the molecule is CC(C)c1cccc2c1N[C@H](c1ccccc1F)[C@@H]1CC=C[C@H]21. The molecule has 0 spiro atoms. The summed E-state index contributed by atoms with van der Waals surface area (Å²) in [5.74, 6) is 1.11. The Labute approximate surface area is 137 Å². The third kappa shape index (κ3) is 2.28. The summed E-state index contributed by atoms with van der Waals surface area (Å²) in [6, 6.07) is 13.8. The van der Waals surface area contributed by atoms with Crippen molar-refractivity contribution in [3.05, 3.63) is 77.1 Å². The van der Waals surface area contributed by atoms with Crippen molar-refractivity contribution < 1.29 is 4.39 Å². The first-order valence-corrected chi connectivity index (χ1v) is 8.47. The molecule has 0 aromatic heterocycles. The van der Waals surface area contributed by atoms with Crippen LogP contribution in [0.3, 0.4) is 0 Å². The molecule has 0 unspecified atom stereocenters. The normalized spacial score (nSPS) is 25.1. The number of anilines is 1. The Hall–Kier alpha value is -2.09. The van der Waals surface area contributed by atoms with Crippen molar-refractivity contribution in [2.24, 2.45) is 5.92 Å². The van der Waals surface area contributed by atoms with Crippen LogP contribution in [0.25, 0.3) is 0 Å². The van der Waals surface area contributed by atoms with Gasteiger partial charge in [-0.05, 0) is 35.4 Å². The smallest absolute Gasteiger partial charge is 0.128 e. The van der Waals surface area contributed by atoms with Crippen molar-refractivity contribution >= 4 is 5.69 Å². The Morgan fingerprint density at radius 2 is 1.83 bits per heavy atom. The number of rotatable bonds is 2. The van der Waals surface area contributed by atoms with Gasteiger partial charge < -0.3 is 5.32 Å². The number of hydrogen-bond acceptors (Lipinski definition) is 1. The summed E-state index contributed by atoms with van der Waals surface area (Å²) in [7, 11) is 0. The maximum absolute atomic E-state index is 14.4. The highest BCUT2D eigenvalue weighted by Gasteiger charge is 2.39. The first-order valence-electron chi connectivity index (χ1n) is 8.47. The molecule has 0 amide bonds. The molecular formula is C21H22FN. The number of allylic oxidation sites excluding steroid dienone is 2. The molecule has 3 atom stereocenters. The second-order valence-corrected chi connectivity index (χ2v) is 6.96. The predicted octanol–water partition coefficient (Wildman–Crippen LogP) is 5.78. The number of hydrogen-bond donors (Lipinski definition) is 1. The minimum atomic E-state index is -0.110. The molecule has 1 heterocycles. The lowest BCUT2D eigenvalue weighted by Crippen LogP contribution is -2.30. The van der Waals surface area contributed by atoms with Crippen LogP contribution in [0.15, 0.2) is 54.6 Å². The lowest BCUT2D eigenvalue weighted by Gasteiger charge is -2.39. The zero-order valence-corrected chi connectivity index (χ0v) is 13.6. The highest BCUT2D eigenvalue weighted by molar-refractivity contribution is 5.65. The third-order valence-electron chi connectivity index (χ3n) is 5.29. The molecule has 1 aliphatic carbocycles. The molecule has 2 heteroatoms. The monoisotopic (exact) mass is 307 g/mol. The summed E-state index contributed by atoms with van der Waals surface area (Å²) in [5, 5.41) is 3.70. The Kier molecular flexibility index (Phi) is 3.48. The predicted molar refractivity (Wildman–Crippen MR) is 93.3 cm³/mol. The molecule has 118 valence electrons. The maximum Gasteiger partial charge on any atom is 0.128 e. The molecular weight excluding hydrogens is 285 g/mol. The van der Waals surface area contributed by atoms with Crippen molar-refractivity contribution in [2.45, 2.75) is 38.1 Å². The van der Waals surface area contributed by atoms with Gasteiger partial charge in [0, 0.05) is 17.2 Å². The molecule has 23 heavy (non-hydrogen) atoms. The van der Waals surface area contributed by atoms with Gasteiger partial charge in [0.1, 0.15) is 5.82 Å². The molecule has 2 aromatic rings. The molecule has 0 saturated carbocycles. The lowest BCUT2D eigenvalue weighted by molar-refractivity contribution is 0.412. The zero-order chi connectivity index (χ0) is 16.0. The minimum absolute atomic E-state index is 0.0311. The highest BCUT2D eigenvalue weighted by atomic mass is 19.1. The lowest BCUT2D eigenvalue weighted by atomic mass is 9.75. The van der Waals surface area contributed by atoms with E-state index in [9.17, 15) is 4.39 Å². The first-order chi connectivity index (χ1) is 11.2. The summed E-state index contributed by atoms with van der Waals surface area (Å²) in [5.41, 5.74) is 4.68. The number of halogens is 1. The Bertz CT molecular complexity index is 762. The average Bonchev–Trinajstić information content (AvgIpc) is 3.04. The van der Waals surface area contributed by atoms with Crippen molar-refractivity contribution in [1.82, 2.24) is 0 Å². The summed E-state index contributed by atoms with van der Waals surface area (Å²) < 4.78 is 14.4. The van der Waals surface area contributed by atoms with E-state index in [1.54, 1.807) is 12.1 Å². The van der Waals surface area contributed by atoms with E-state index in [1.807, 2.05) is 12.1 Å². The summed E-state index contributed by atoms with van der Waals surface area (Å²) in [6.07, 6.45) is 5.56. The van der Waals surface area contributed by atoms with Crippen LogP contribution in [0.5, 0.6) is 0 Å². The fraction of sp³-hybridized carbons (Fsp3) is 0.333. The topological polar surface area (TPSA) is 12.0 Å². The van der Waals surface area contributed by atoms with E-state index in [0.717, 1.165) is 12.0 Å². The van der Waals surface area contributed by atoms with Gasteiger partial charge in [-0.1, -0.05) is 62.4 Å². The molecule has 1 aliphatic heterocycles. The number of nitrogens with one attached hydrogen (secondary N) is 1. The second-order valence-electron chi connectivity index (χ2n) is 6.96. The number of para-hydroxylation sites is 1. The van der Waals surface area contributed by atoms with Crippen LogP contribution in [-0.4, -0.2) is 0 Å². The molecule has 4 rings (SSSR count). The van der Waals surface area contributed by atoms with Crippen LogP contribution in [0.1, 0.15) is 54.8 Å². The minimum Gasteiger partial charge on any atom is -0.377 e. The van der Waals surface area contributed by atoms with E-state index in [1.165, 1.54) is 16.8 Å². The van der Waals surface area contributed by atoms with Crippen LogP contribution >= 0.6 is 0 Å². The van der Waals surface area contributed by atoms with Gasteiger partial charge in [0.05, 0.1) is 6.04 Å². The van der Waals surface area contributed by atoms with E-state index in [2.05, 4.69) is 49.5 Å². The van der Waals surface area contributed by atoms with Gasteiger partial charge in [0.2, 0.25) is 0 Å². The fourth-order valence-electron chi connectivity index (χ4n) is 4.16. The van der Waals surface area contributed by atoms with E-state index >= 15 is 0 Å². The molecule has 2 aliphatic rings. The van der Waals surface area contributed by atoms with E-state index < -0.39 is 0 Å². The third-order valence-corrected chi connectivity index (χ3v) is 5.29. The van der Waals surface area contributed by atoms with Crippen molar-refractivity contribution in [1.29, 1.82) is 0 Å².